The second-order valence-electron chi connectivity index (χ2n) is 4.35. The summed E-state index contributed by atoms with van der Waals surface area (Å²) in [6.07, 6.45) is 0. The Morgan fingerprint density at radius 1 is 1.10 bits per heavy atom. The summed E-state index contributed by atoms with van der Waals surface area (Å²) in [4.78, 5) is 22.5. The average Bonchev–Trinajstić information content (AvgIpc) is 2.81. The number of rotatable bonds is 3. The number of amides is 1. The van der Waals surface area contributed by atoms with Gasteiger partial charge in [0.15, 0.2) is 5.71 Å². The van der Waals surface area contributed by atoms with Gasteiger partial charge in [-0.15, -0.1) is 0 Å². The van der Waals surface area contributed by atoms with Crippen LogP contribution in [-0.2, 0) is 4.79 Å². The van der Waals surface area contributed by atoms with Crippen molar-refractivity contribution in [2.24, 2.45) is 5.10 Å². The first-order valence-electron chi connectivity index (χ1n) is 6.14. The lowest BCUT2D eigenvalue weighted by Crippen LogP contribution is -2.16. The Hall–Kier alpha value is -3.22. The number of hydrogen-bond acceptors (Lipinski definition) is 5. The lowest BCUT2D eigenvalue weighted by molar-refractivity contribution is -0.384. The summed E-state index contributed by atoms with van der Waals surface area (Å²) < 4.78 is 0. The average molecular weight is 282 g/mol. The highest BCUT2D eigenvalue weighted by molar-refractivity contribution is 6.54. The number of nitro groups is 1. The molecule has 0 fully saturated rings. The Bertz CT molecular complexity index is 756. The van der Waals surface area contributed by atoms with Crippen molar-refractivity contribution in [3.8, 4) is 0 Å². The number of para-hydroxylation sites is 1. The molecule has 1 aliphatic rings. The van der Waals surface area contributed by atoms with E-state index in [2.05, 4.69) is 15.8 Å². The molecule has 21 heavy (non-hydrogen) atoms. The van der Waals surface area contributed by atoms with E-state index < -0.39 is 10.8 Å². The molecule has 7 heteroatoms. The minimum absolute atomic E-state index is 0.00107. The van der Waals surface area contributed by atoms with Gasteiger partial charge in [-0.25, -0.2) is 0 Å². The minimum Gasteiger partial charge on any atom is -0.320 e. The molecule has 1 aliphatic heterocycles. The van der Waals surface area contributed by atoms with Gasteiger partial charge in [0.05, 0.1) is 16.3 Å². The van der Waals surface area contributed by atoms with Gasteiger partial charge in [-0.3, -0.25) is 20.3 Å². The molecule has 0 unspecified atom stereocenters. The molecular formula is C14H10N4O3. The smallest absolute Gasteiger partial charge is 0.281 e. The molecule has 1 heterocycles. The standard InChI is InChI=1S/C14H10N4O3/c19-14-13(17-16-9-5-2-1-3-6-9)12-10(15-14)7-4-8-11(12)18(20)21/h1-8,16H,(H,15,17,19). The highest BCUT2D eigenvalue weighted by Crippen LogP contribution is 2.31. The van der Waals surface area contributed by atoms with Gasteiger partial charge in [0.1, 0.15) is 5.56 Å². The number of nitrogens with one attached hydrogen (secondary N) is 2. The van der Waals surface area contributed by atoms with Crippen molar-refractivity contribution in [2.45, 2.75) is 0 Å². The van der Waals surface area contributed by atoms with Crippen LogP contribution in [0.2, 0.25) is 0 Å². The van der Waals surface area contributed by atoms with Crippen molar-refractivity contribution in [1.29, 1.82) is 0 Å². The van der Waals surface area contributed by atoms with Crippen molar-refractivity contribution >= 4 is 28.7 Å². The predicted octanol–water partition coefficient (Wildman–Crippen LogP) is 2.36. The number of hydrazone groups is 1. The topological polar surface area (TPSA) is 96.6 Å². The number of nitro benzene ring substituents is 1. The molecule has 7 nitrogen and oxygen atoms in total. The molecule has 0 aromatic heterocycles. The van der Waals surface area contributed by atoms with Crippen molar-refractivity contribution in [1.82, 2.24) is 0 Å². The van der Waals surface area contributed by atoms with Crippen LogP contribution in [0.1, 0.15) is 5.56 Å². The molecule has 0 atom stereocenters. The van der Waals surface area contributed by atoms with Gasteiger partial charge in [-0.05, 0) is 18.2 Å². The first-order valence-corrected chi connectivity index (χ1v) is 6.14. The molecule has 104 valence electrons. The third-order valence-corrected chi connectivity index (χ3v) is 3.01. The first-order chi connectivity index (χ1) is 10.2. The number of fused-ring (bicyclic) bond motifs is 1. The number of carbonyl (C=O) groups excluding carboxylic acids is 1. The van der Waals surface area contributed by atoms with E-state index in [0.717, 1.165) is 0 Å². The monoisotopic (exact) mass is 282 g/mol. The summed E-state index contributed by atoms with van der Waals surface area (Å²) in [5.41, 5.74) is 3.86. The van der Waals surface area contributed by atoms with Crippen LogP contribution in [0, 0.1) is 10.1 Å². The maximum atomic E-state index is 11.9. The zero-order valence-electron chi connectivity index (χ0n) is 10.7. The van der Waals surface area contributed by atoms with Crippen molar-refractivity contribution in [2.75, 3.05) is 10.7 Å². The molecule has 3 rings (SSSR count). The second-order valence-corrected chi connectivity index (χ2v) is 4.35. The summed E-state index contributed by atoms with van der Waals surface area (Å²) >= 11 is 0. The molecule has 0 aliphatic carbocycles. The zero-order valence-corrected chi connectivity index (χ0v) is 10.7. The molecule has 2 aromatic rings. The first kappa shape index (κ1) is 12.8. The van der Waals surface area contributed by atoms with E-state index in [0.29, 0.717) is 11.4 Å². The number of anilines is 2. The van der Waals surface area contributed by atoms with E-state index in [-0.39, 0.29) is 17.0 Å². The number of benzene rings is 2. The predicted molar refractivity (Wildman–Crippen MR) is 78.3 cm³/mol. The Morgan fingerprint density at radius 2 is 1.86 bits per heavy atom. The fourth-order valence-corrected chi connectivity index (χ4v) is 2.08. The zero-order chi connectivity index (χ0) is 14.8. The molecule has 0 spiro atoms. The highest BCUT2D eigenvalue weighted by Gasteiger charge is 2.33. The molecule has 0 bridgehead atoms. The molecule has 1 amide bonds. The highest BCUT2D eigenvalue weighted by atomic mass is 16.6. The van der Waals surface area contributed by atoms with Crippen LogP contribution in [0.5, 0.6) is 0 Å². The minimum atomic E-state index is -0.531. The fraction of sp³-hybridized carbons (Fsp3) is 0. The van der Waals surface area contributed by atoms with Gasteiger partial charge in [0, 0.05) is 6.07 Å². The Labute approximate surface area is 119 Å². The van der Waals surface area contributed by atoms with Crippen molar-refractivity contribution < 1.29 is 9.72 Å². The SMILES string of the molecule is O=C1Nc2cccc([N+](=O)[O-])c2/C1=N/Nc1ccccc1. The summed E-state index contributed by atoms with van der Waals surface area (Å²) in [5, 5.41) is 17.7. The van der Waals surface area contributed by atoms with Gasteiger partial charge in [-0.1, -0.05) is 24.3 Å². The second kappa shape index (κ2) is 5.04. The normalized spacial score (nSPS) is 14.7. The lowest BCUT2D eigenvalue weighted by Gasteiger charge is -2.02. The van der Waals surface area contributed by atoms with Crippen LogP contribution in [0.15, 0.2) is 53.6 Å². The molecule has 2 aromatic carbocycles. The molecule has 0 saturated carbocycles. The summed E-state index contributed by atoms with van der Waals surface area (Å²) in [5.74, 6) is -0.470. The van der Waals surface area contributed by atoms with Gasteiger partial charge < -0.3 is 5.32 Å². The number of nitrogens with zero attached hydrogens (tertiary/aromatic N) is 2. The maximum absolute atomic E-state index is 11.9. The van der Waals surface area contributed by atoms with Gasteiger partial charge in [0.25, 0.3) is 11.6 Å². The fourth-order valence-electron chi connectivity index (χ4n) is 2.08. The van der Waals surface area contributed by atoms with Gasteiger partial charge in [-0.2, -0.15) is 5.10 Å². The van der Waals surface area contributed by atoms with E-state index in [9.17, 15) is 14.9 Å². The number of hydrogen-bond donors (Lipinski definition) is 2. The number of carbonyl (C=O) groups is 1. The summed E-state index contributed by atoms with van der Waals surface area (Å²) in [6, 6.07) is 13.5. The molecular weight excluding hydrogens is 272 g/mol. The summed E-state index contributed by atoms with van der Waals surface area (Å²) in [6.45, 7) is 0. The molecule has 2 N–H and O–H groups in total. The van der Waals surface area contributed by atoms with Crippen LogP contribution in [0.4, 0.5) is 17.1 Å². The van der Waals surface area contributed by atoms with Crippen LogP contribution >= 0.6 is 0 Å². The Balaban J connectivity index is 2.02. The maximum Gasteiger partial charge on any atom is 0.281 e. The Morgan fingerprint density at radius 3 is 2.57 bits per heavy atom. The van der Waals surface area contributed by atoms with E-state index in [4.69, 9.17) is 0 Å². The van der Waals surface area contributed by atoms with Crippen LogP contribution in [0.25, 0.3) is 0 Å². The van der Waals surface area contributed by atoms with E-state index in [1.165, 1.54) is 12.1 Å². The summed E-state index contributed by atoms with van der Waals surface area (Å²) in [7, 11) is 0. The largest absolute Gasteiger partial charge is 0.320 e. The van der Waals surface area contributed by atoms with Gasteiger partial charge >= 0.3 is 0 Å². The van der Waals surface area contributed by atoms with Crippen LogP contribution < -0.4 is 10.7 Å². The van der Waals surface area contributed by atoms with Crippen LogP contribution in [-0.4, -0.2) is 16.5 Å². The van der Waals surface area contributed by atoms with Gasteiger partial charge in [0.2, 0.25) is 0 Å². The van der Waals surface area contributed by atoms with E-state index >= 15 is 0 Å². The van der Waals surface area contributed by atoms with Crippen molar-refractivity contribution in [3.05, 3.63) is 64.2 Å². The molecule has 0 saturated heterocycles. The quantitative estimate of drug-likeness (QED) is 0.667. The Kier molecular flexibility index (Phi) is 3.07. The third kappa shape index (κ3) is 2.32. The van der Waals surface area contributed by atoms with E-state index in [1.54, 1.807) is 18.2 Å². The third-order valence-electron chi connectivity index (χ3n) is 3.01. The van der Waals surface area contributed by atoms with Crippen molar-refractivity contribution in [3.63, 3.8) is 0 Å². The lowest BCUT2D eigenvalue weighted by atomic mass is 10.1. The molecule has 0 radical (unpaired) electrons. The van der Waals surface area contributed by atoms with E-state index in [1.807, 2.05) is 18.2 Å². The van der Waals surface area contributed by atoms with Crippen LogP contribution in [0.3, 0.4) is 0 Å².